The molecule has 0 saturated heterocycles. The van der Waals surface area contributed by atoms with Gasteiger partial charge in [-0.3, -0.25) is 13.9 Å². The molecule has 0 heterocycles. The zero-order valence-electron chi connectivity index (χ0n) is 23.1. The lowest BCUT2D eigenvalue weighted by molar-refractivity contribution is -0.140. The van der Waals surface area contributed by atoms with E-state index in [4.69, 9.17) is 4.74 Å². The van der Waals surface area contributed by atoms with Gasteiger partial charge in [-0.25, -0.2) is 8.42 Å². The van der Waals surface area contributed by atoms with E-state index >= 15 is 0 Å². The second-order valence-corrected chi connectivity index (χ2v) is 11.5. The molecule has 0 spiro atoms. The van der Waals surface area contributed by atoms with Gasteiger partial charge in [0.05, 0.1) is 17.7 Å². The van der Waals surface area contributed by atoms with Gasteiger partial charge in [0.15, 0.2) is 0 Å². The normalized spacial score (nSPS) is 12.1. The molecule has 8 nitrogen and oxygen atoms in total. The third kappa shape index (κ3) is 7.38. The van der Waals surface area contributed by atoms with E-state index in [-0.39, 0.29) is 29.1 Å². The number of carbonyl (C=O) groups excluding carboxylic acids is 2. The summed E-state index contributed by atoms with van der Waals surface area (Å²) in [6.07, 6.45) is 0.357. The van der Waals surface area contributed by atoms with Crippen molar-refractivity contribution in [1.82, 2.24) is 10.2 Å². The summed E-state index contributed by atoms with van der Waals surface area (Å²) < 4.78 is 34.3. The highest BCUT2D eigenvalue weighted by Crippen LogP contribution is 2.32. The van der Waals surface area contributed by atoms with Gasteiger partial charge in [-0.05, 0) is 57.0 Å². The van der Waals surface area contributed by atoms with Crippen molar-refractivity contribution in [3.63, 3.8) is 0 Å². The average Bonchev–Trinajstić information content (AvgIpc) is 2.92. The van der Waals surface area contributed by atoms with Gasteiger partial charge < -0.3 is 15.0 Å². The molecule has 9 heteroatoms. The van der Waals surface area contributed by atoms with Crippen molar-refractivity contribution in [3.8, 4) is 5.75 Å². The minimum atomic E-state index is -4.16. The lowest BCUT2D eigenvalue weighted by atomic mass is 10.1. The van der Waals surface area contributed by atoms with E-state index in [1.807, 2.05) is 52.0 Å². The maximum absolute atomic E-state index is 14.1. The summed E-state index contributed by atoms with van der Waals surface area (Å²) >= 11 is 0. The average molecular weight is 552 g/mol. The number of benzene rings is 3. The van der Waals surface area contributed by atoms with Gasteiger partial charge in [-0.1, -0.05) is 67.1 Å². The Morgan fingerprint density at radius 1 is 0.923 bits per heavy atom. The Morgan fingerprint density at radius 3 is 2.13 bits per heavy atom. The third-order valence-corrected chi connectivity index (χ3v) is 8.03. The SMILES string of the molecule is CCC(C(=O)NC(C)C)N(Cc1ccc(C)cc1)C(=O)CN(c1ccccc1OC)S(=O)(=O)c1ccccc1. The molecule has 1 unspecified atom stereocenters. The molecule has 0 aliphatic carbocycles. The van der Waals surface area contributed by atoms with Gasteiger partial charge in [0.1, 0.15) is 18.3 Å². The first kappa shape index (κ1) is 29.7. The van der Waals surface area contributed by atoms with E-state index in [1.54, 1.807) is 42.5 Å². The number of hydrogen-bond donors (Lipinski definition) is 1. The molecule has 0 saturated carbocycles. The zero-order valence-corrected chi connectivity index (χ0v) is 23.9. The first-order chi connectivity index (χ1) is 18.6. The van der Waals surface area contributed by atoms with Crippen LogP contribution in [-0.4, -0.2) is 50.9 Å². The maximum atomic E-state index is 14.1. The molecule has 0 aromatic heterocycles. The number of methoxy groups -OCH3 is 1. The maximum Gasteiger partial charge on any atom is 0.264 e. The fourth-order valence-corrected chi connectivity index (χ4v) is 5.70. The van der Waals surface area contributed by atoms with Crippen LogP contribution in [0.25, 0.3) is 0 Å². The first-order valence-corrected chi connectivity index (χ1v) is 14.4. The van der Waals surface area contributed by atoms with Gasteiger partial charge >= 0.3 is 0 Å². The molecule has 39 heavy (non-hydrogen) atoms. The Morgan fingerprint density at radius 2 is 1.54 bits per heavy atom. The van der Waals surface area contributed by atoms with Crippen molar-refractivity contribution in [2.24, 2.45) is 0 Å². The summed E-state index contributed by atoms with van der Waals surface area (Å²) in [5.74, 6) is -0.492. The van der Waals surface area contributed by atoms with Crippen LogP contribution >= 0.6 is 0 Å². The Hall–Kier alpha value is -3.85. The topological polar surface area (TPSA) is 96.0 Å². The van der Waals surface area contributed by atoms with Crippen molar-refractivity contribution in [3.05, 3.63) is 90.0 Å². The van der Waals surface area contributed by atoms with Crippen LogP contribution in [0.2, 0.25) is 0 Å². The molecule has 0 fully saturated rings. The molecule has 3 rings (SSSR count). The van der Waals surface area contributed by atoms with Crippen LogP contribution in [0.5, 0.6) is 5.75 Å². The molecular formula is C30H37N3O5S. The molecule has 3 aromatic rings. The molecule has 0 bridgehead atoms. The Kier molecular flexibility index (Phi) is 10.1. The number of hydrogen-bond acceptors (Lipinski definition) is 5. The van der Waals surface area contributed by atoms with Gasteiger partial charge in [0.25, 0.3) is 10.0 Å². The van der Waals surface area contributed by atoms with E-state index in [1.165, 1.54) is 24.1 Å². The summed E-state index contributed by atoms with van der Waals surface area (Å²) in [5, 5.41) is 2.90. The van der Waals surface area contributed by atoms with Crippen LogP contribution in [0.15, 0.2) is 83.8 Å². The quantitative estimate of drug-likeness (QED) is 0.357. The van der Waals surface area contributed by atoms with E-state index in [0.717, 1.165) is 15.4 Å². The summed E-state index contributed by atoms with van der Waals surface area (Å²) in [4.78, 5) is 28.8. The van der Waals surface area contributed by atoms with E-state index < -0.39 is 28.5 Å². The van der Waals surface area contributed by atoms with Crippen molar-refractivity contribution in [1.29, 1.82) is 0 Å². The summed E-state index contributed by atoms with van der Waals surface area (Å²) in [7, 11) is -2.71. The Bertz CT molecular complexity index is 1360. The number of rotatable bonds is 12. The van der Waals surface area contributed by atoms with Gasteiger partial charge in [0.2, 0.25) is 11.8 Å². The smallest absolute Gasteiger partial charge is 0.264 e. The van der Waals surface area contributed by atoms with Crippen molar-refractivity contribution in [2.75, 3.05) is 18.0 Å². The van der Waals surface area contributed by atoms with Gasteiger partial charge in [0, 0.05) is 12.6 Å². The number of nitrogens with zero attached hydrogens (tertiary/aromatic N) is 2. The predicted molar refractivity (Wildman–Crippen MR) is 153 cm³/mol. The van der Waals surface area contributed by atoms with Crippen LogP contribution in [0.1, 0.15) is 38.3 Å². The predicted octanol–water partition coefficient (Wildman–Crippen LogP) is 4.53. The van der Waals surface area contributed by atoms with Crippen molar-refractivity contribution >= 4 is 27.5 Å². The minimum Gasteiger partial charge on any atom is -0.495 e. The van der Waals surface area contributed by atoms with Crippen molar-refractivity contribution < 1.29 is 22.7 Å². The summed E-state index contributed by atoms with van der Waals surface area (Å²) in [6, 6.07) is 21.4. The van der Waals surface area contributed by atoms with Crippen LogP contribution in [0, 0.1) is 6.92 Å². The lowest BCUT2D eigenvalue weighted by Crippen LogP contribution is -2.53. The molecular weight excluding hydrogens is 514 g/mol. The molecule has 0 aliphatic rings. The Labute approximate surface area is 231 Å². The fourth-order valence-electron chi connectivity index (χ4n) is 4.26. The summed E-state index contributed by atoms with van der Waals surface area (Å²) in [6.45, 7) is 7.14. The van der Waals surface area contributed by atoms with Crippen molar-refractivity contribution in [2.45, 2.75) is 57.6 Å². The molecule has 3 aromatic carbocycles. The largest absolute Gasteiger partial charge is 0.495 e. The van der Waals surface area contributed by atoms with Crippen LogP contribution < -0.4 is 14.4 Å². The number of sulfonamides is 1. The van der Waals surface area contributed by atoms with Gasteiger partial charge in [-0.2, -0.15) is 0 Å². The second-order valence-electron chi connectivity index (χ2n) is 9.59. The first-order valence-electron chi connectivity index (χ1n) is 12.9. The molecule has 2 amide bonds. The van der Waals surface area contributed by atoms with Crippen LogP contribution in [-0.2, 0) is 26.2 Å². The fraction of sp³-hybridized carbons (Fsp3) is 0.333. The number of anilines is 1. The number of nitrogens with one attached hydrogen (secondary N) is 1. The monoisotopic (exact) mass is 551 g/mol. The number of aryl methyl sites for hydroxylation is 1. The minimum absolute atomic E-state index is 0.0402. The number of carbonyl (C=O) groups is 2. The van der Waals surface area contributed by atoms with E-state index in [0.29, 0.717) is 12.2 Å². The summed E-state index contributed by atoms with van der Waals surface area (Å²) in [5.41, 5.74) is 2.13. The highest BCUT2D eigenvalue weighted by atomic mass is 32.2. The molecule has 208 valence electrons. The number of amides is 2. The van der Waals surface area contributed by atoms with E-state index in [9.17, 15) is 18.0 Å². The molecule has 0 aliphatic heterocycles. The zero-order chi connectivity index (χ0) is 28.6. The molecule has 1 N–H and O–H groups in total. The highest BCUT2D eigenvalue weighted by Gasteiger charge is 2.34. The third-order valence-electron chi connectivity index (χ3n) is 6.25. The number of para-hydroxylation sites is 2. The lowest BCUT2D eigenvalue weighted by Gasteiger charge is -2.33. The van der Waals surface area contributed by atoms with Gasteiger partial charge in [-0.15, -0.1) is 0 Å². The standard InChI is InChI=1S/C30H37N3O5S/c1-6-26(30(35)31-22(2)3)32(20-24-18-16-23(4)17-19-24)29(34)21-33(27-14-10-11-15-28(27)38-5)39(36,37)25-12-8-7-9-13-25/h7-19,22,26H,6,20-21H2,1-5H3,(H,31,35). The number of ether oxygens (including phenoxy) is 1. The van der Waals surface area contributed by atoms with Crippen LogP contribution in [0.4, 0.5) is 5.69 Å². The molecule has 0 radical (unpaired) electrons. The van der Waals surface area contributed by atoms with E-state index in [2.05, 4.69) is 5.32 Å². The Balaban J connectivity index is 2.08. The van der Waals surface area contributed by atoms with Crippen LogP contribution in [0.3, 0.4) is 0 Å². The highest BCUT2D eigenvalue weighted by molar-refractivity contribution is 7.92. The molecule has 1 atom stereocenters. The second kappa shape index (κ2) is 13.3.